The number of hydrogen-bond donors (Lipinski definition) is 1. The van der Waals surface area contributed by atoms with Gasteiger partial charge in [0.25, 0.3) is 0 Å². The number of H-pyrrole nitrogens is 1. The largest absolute Gasteiger partial charge is 0.361 e. The van der Waals surface area contributed by atoms with Gasteiger partial charge in [0.1, 0.15) is 0 Å². The summed E-state index contributed by atoms with van der Waals surface area (Å²) in [5, 5.41) is 1.41. The first kappa shape index (κ1) is 16.8. The fraction of sp³-hybridized carbons (Fsp3) is 0.571. The van der Waals surface area contributed by atoms with Crippen molar-refractivity contribution < 1.29 is 4.79 Å². The van der Waals surface area contributed by atoms with Crippen LogP contribution in [0.4, 0.5) is 0 Å². The van der Waals surface area contributed by atoms with Crippen LogP contribution in [0.1, 0.15) is 37.3 Å². The maximum atomic E-state index is 12.9. The number of Topliss-reactive ketones (excluding diaryl/α,β-unsaturated/α-hetero) is 1. The minimum Gasteiger partial charge on any atom is -0.361 e. The fourth-order valence-corrected chi connectivity index (χ4v) is 4.97. The maximum Gasteiger partial charge on any atom is 0.151 e. The van der Waals surface area contributed by atoms with E-state index in [1.807, 2.05) is 0 Å². The minimum atomic E-state index is 0.155. The number of aromatic nitrogens is 1. The molecule has 0 saturated carbocycles. The monoisotopic (exact) mass is 339 g/mol. The number of likely N-dealkylation sites (tertiary alicyclic amines) is 1. The van der Waals surface area contributed by atoms with Gasteiger partial charge in [0, 0.05) is 41.5 Å². The summed E-state index contributed by atoms with van der Waals surface area (Å²) >= 11 is 0. The van der Waals surface area contributed by atoms with Crippen molar-refractivity contribution in [2.45, 2.75) is 38.6 Å². The predicted octanol–water partition coefficient (Wildman–Crippen LogP) is 3.04. The highest BCUT2D eigenvalue weighted by atomic mass is 16.1. The maximum absolute atomic E-state index is 12.9. The van der Waals surface area contributed by atoms with Gasteiger partial charge in [-0.05, 0) is 50.2 Å². The molecule has 1 aromatic heterocycles. The van der Waals surface area contributed by atoms with Crippen LogP contribution in [0.25, 0.3) is 10.9 Å². The van der Waals surface area contributed by atoms with Crippen LogP contribution in [0, 0.1) is 5.92 Å². The lowest BCUT2D eigenvalue weighted by Crippen LogP contribution is -2.50. The van der Waals surface area contributed by atoms with E-state index in [9.17, 15) is 4.79 Å². The first-order valence-electron chi connectivity index (χ1n) is 9.66. The van der Waals surface area contributed by atoms with Crippen LogP contribution in [0.15, 0.2) is 24.4 Å². The number of ketones is 1. The third-order valence-electron chi connectivity index (χ3n) is 6.45. The molecule has 2 heterocycles. The number of rotatable bonds is 5. The molecule has 4 rings (SSSR count). The van der Waals surface area contributed by atoms with Crippen molar-refractivity contribution in [3.05, 3.63) is 35.5 Å². The van der Waals surface area contributed by atoms with Crippen molar-refractivity contribution in [3.63, 3.8) is 0 Å². The summed E-state index contributed by atoms with van der Waals surface area (Å²) in [5.74, 6) is 1.04. The number of fused-ring (bicyclic) bond motifs is 2. The first-order valence-corrected chi connectivity index (χ1v) is 9.66. The Hall–Kier alpha value is -1.65. The number of aromatic amines is 1. The highest BCUT2D eigenvalue weighted by Crippen LogP contribution is 2.44. The molecule has 134 valence electrons. The summed E-state index contributed by atoms with van der Waals surface area (Å²) in [4.78, 5) is 21.0. The molecule has 0 bridgehead atoms. The molecule has 0 amide bonds. The number of carbonyl (C=O) groups is 1. The fourth-order valence-electron chi connectivity index (χ4n) is 4.97. The van der Waals surface area contributed by atoms with Crippen molar-refractivity contribution in [1.82, 2.24) is 14.8 Å². The second-order valence-corrected chi connectivity index (χ2v) is 7.76. The van der Waals surface area contributed by atoms with Gasteiger partial charge in [0.2, 0.25) is 0 Å². The van der Waals surface area contributed by atoms with Gasteiger partial charge in [0.15, 0.2) is 5.78 Å². The zero-order valence-electron chi connectivity index (χ0n) is 15.6. The van der Waals surface area contributed by atoms with Crippen LogP contribution in [0.5, 0.6) is 0 Å². The Morgan fingerprint density at radius 2 is 2.12 bits per heavy atom. The number of nitrogens with one attached hydrogen (secondary N) is 1. The van der Waals surface area contributed by atoms with Gasteiger partial charge in [-0.15, -0.1) is 0 Å². The molecule has 1 fully saturated rings. The van der Waals surface area contributed by atoms with Crippen LogP contribution < -0.4 is 0 Å². The van der Waals surface area contributed by atoms with Crippen LogP contribution in [0.3, 0.4) is 0 Å². The molecule has 2 aromatic rings. The molecule has 1 aromatic carbocycles. The van der Waals surface area contributed by atoms with E-state index in [4.69, 9.17) is 0 Å². The van der Waals surface area contributed by atoms with E-state index in [-0.39, 0.29) is 5.92 Å². The van der Waals surface area contributed by atoms with Gasteiger partial charge in [-0.1, -0.05) is 26.0 Å². The van der Waals surface area contributed by atoms with Crippen molar-refractivity contribution >= 4 is 16.7 Å². The van der Waals surface area contributed by atoms with Crippen molar-refractivity contribution in [1.29, 1.82) is 0 Å². The molecule has 3 atom stereocenters. The van der Waals surface area contributed by atoms with E-state index >= 15 is 0 Å². The molecule has 1 aliphatic heterocycles. The number of likely N-dealkylation sites (N-methyl/N-ethyl adjacent to an activating group) is 2. The summed E-state index contributed by atoms with van der Waals surface area (Å²) in [6.07, 6.45) is 4.27. The zero-order valence-corrected chi connectivity index (χ0v) is 15.6. The number of nitrogens with zero attached hydrogens (tertiary/aromatic N) is 2. The Kier molecular flexibility index (Phi) is 4.42. The molecular weight excluding hydrogens is 310 g/mol. The van der Waals surface area contributed by atoms with Crippen molar-refractivity contribution in [2.24, 2.45) is 5.92 Å². The van der Waals surface area contributed by atoms with Gasteiger partial charge in [-0.3, -0.25) is 9.69 Å². The quantitative estimate of drug-likeness (QED) is 0.910. The summed E-state index contributed by atoms with van der Waals surface area (Å²) in [5.41, 5.74) is 4.12. The van der Waals surface area contributed by atoms with Crippen LogP contribution in [-0.4, -0.2) is 59.8 Å². The number of piperidine rings is 1. The van der Waals surface area contributed by atoms with Crippen molar-refractivity contribution in [2.75, 3.05) is 33.2 Å². The molecule has 1 aliphatic carbocycles. The molecule has 1 saturated heterocycles. The number of hydrogen-bond acceptors (Lipinski definition) is 3. The average Bonchev–Trinajstić information content (AvgIpc) is 3.04. The Balaban J connectivity index is 1.62. The first-order chi connectivity index (χ1) is 12.1. The minimum absolute atomic E-state index is 0.155. The smallest absolute Gasteiger partial charge is 0.151 e. The second-order valence-electron chi connectivity index (χ2n) is 7.76. The van der Waals surface area contributed by atoms with Crippen LogP contribution in [0.2, 0.25) is 0 Å². The van der Waals surface area contributed by atoms with Gasteiger partial charge in [-0.2, -0.15) is 0 Å². The standard InChI is InChI=1S/C21H29N3O/c1-4-24(5-2)13-20(25)15-9-17-16-7-6-8-18-21(16)14(11-22-18)10-19(17)23(3)12-15/h6-8,11,15,17,19,22H,4-5,9-10,12-13H2,1-3H3/t15-,17+,19+/m0/s1. The summed E-state index contributed by atoms with van der Waals surface area (Å²) in [6.45, 7) is 7.66. The lowest BCUT2D eigenvalue weighted by molar-refractivity contribution is -0.126. The third kappa shape index (κ3) is 2.81. The van der Waals surface area contributed by atoms with E-state index in [1.54, 1.807) is 0 Å². The highest BCUT2D eigenvalue weighted by molar-refractivity contribution is 5.89. The number of benzene rings is 1. The molecule has 0 unspecified atom stereocenters. The normalized spacial score (nSPS) is 26.2. The lowest BCUT2D eigenvalue weighted by Gasteiger charge is -2.45. The third-order valence-corrected chi connectivity index (χ3v) is 6.45. The second kappa shape index (κ2) is 6.58. The zero-order chi connectivity index (χ0) is 17.6. The Bertz CT molecular complexity index is 777. The van der Waals surface area contributed by atoms with Crippen molar-refractivity contribution in [3.8, 4) is 0 Å². The van der Waals surface area contributed by atoms with Gasteiger partial charge < -0.3 is 9.88 Å². The van der Waals surface area contributed by atoms with E-state index in [0.717, 1.165) is 32.5 Å². The summed E-state index contributed by atoms with van der Waals surface area (Å²) in [6, 6.07) is 7.12. The van der Waals surface area contributed by atoms with E-state index < -0.39 is 0 Å². The Labute approximate surface area is 150 Å². The topological polar surface area (TPSA) is 39.3 Å². The molecule has 0 radical (unpaired) electrons. The molecule has 0 spiro atoms. The summed E-state index contributed by atoms with van der Waals surface area (Å²) < 4.78 is 0. The molecule has 25 heavy (non-hydrogen) atoms. The summed E-state index contributed by atoms with van der Waals surface area (Å²) in [7, 11) is 2.20. The Morgan fingerprint density at radius 3 is 2.88 bits per heavy atom. The highest BCUT2D eigenvalue weighted by Gasteiger charge is 2.41. The van der Waals surface area contributed by atoms with Gasteiger partial charge in [0.05, 0.1) is 6.54 Å². The van der Waals surface area contributed by atoms with E-state index in [1.165, 1.54) is 22.0 Å². The van der Waals surface area contributed by atoms with E-state index in [0.29, 0.717) is 24.3 Å². The molecule has 1 N–H and O–H groups in total. The number of carbonyl (C=O) groups excluding carboxylic acids is 1. The predicted molar refractivity (Wildman–Crippen MR) is 102 cm³/mol. The van der Waals surface area contributed by atoms with Gasteiger partial charge >= 0.3 is 0 Å². The van der Waals surface area contributed by atoms with Crippen LogP contribution >= 0.6 is 0 Å². The van der Waals surface area contributed by atoms with Gasteiger partial charge in [-0.25, -0.2) is 0 Å². The Morgan fingerprint density at radius 1 is 1.32 bits per heavy atom. The lowest BCUT2D eigenvalue weighted by atomic mass is 9.71. The molecule has 4 nitrogen and oxygen atoms in total. The molecule has 2 aliphatic rings. The molecule has 4 heteroatoms. The SMILES string of the molecule is CCN(CC)CC(=O)[C@H]1C[C@@H]2c3cccc4[nH]cc(c34)C[C@H]2N(C)C1. The van der Waals surface area contributed by atoms with E-state index in [2.05, 4.69) is 60.1 Å². The molecular formula is C21H29N3O. The van der Waals surface area contributed by atoms with Crippen LogP contribution in [-0.2, 0) is 11.2 Å². The average molecular weight is 339 g/mol.